The van der Waals surface area contributed by atoms with Crippen LogP contribution in [0.1, 0.15) is 190 Å². The van der Waals surface area contributed by atoms with Gasteiger partial charge in [0.25, 0.3) is 0 Å². The monoisotopic (exact) mass is 1500 g/mol. The van der Waals surface area contributed by atoms with Crippen LogP contribution in [0.5, 0.6) is 0 Å². The Balaban J connectivity index is 1.32. The van der Waals surface area contributed by atoms with E-state index >= 15 is 28.8 Å². The van der Waals surface area contributed by atoms with E-state index in [1.54, 1.807) is 13.0 Å². The number of amides is 12. The average Bonchev–Trinajstić information content (AvgIpc) is 0.962. The number of alkyl halides is 4. The summed E-state index contributed by atoms with van der Waals surface area (Å²) in [6.45, 7) is 12.1. The first kappa shape index (κ1) is 85.7. The van der Waals surface area contributed by atoms with Gasteiger partial charge in [-0.05, 0) is 131 Å². The average molecular weight is 1500 g/mol. The highest BCUT2D eigenvalue weighted by Crippen LogP contribution is 2.50. The van der Waals surface area contributed by atoms with Crippen LogP contribution >= 0.6 is 11.6 Å². The summed E-state index contributed by atoms with van der Waals surface area (Å²) in [5.74, 6) is -10.8. The Morgan fingerprint density at radius 2 is 1.32 bits per heavy atom. The van der Waals surface area contributed by atoms with Crippen LogP contribution in [0.2, 0.25) is 0 Å². The molecule has 3 N–H and O–H groups in total. The number of hydrogen-bond donors (Lipinski definition) is 3. The summed E-state index contributed by atoms with van der Waals surface area (Å²) in [5.41, 5.74) is -2.12. The van der Waals surface area contributed by atoms with Crippen molar-refractivity contribution in [1.29, 1.82) is 0 Å². The summed E-state index contributed by atoms with van der Waals surface area (Å²) >= 11 is 6.45. The molecule has 105 heavy (non-hydrogen) atoms. The number of halogens is 4. The molecule has 13 atom stereocenters. The van der Waals surface area contributed by atoms with Crippen LogP contribution in [0.3, 0.4) is 0 Å². The van der Waals surface area contributed by atoms with E-state index in [9.17, 15) is 41.9 Å². The summed E-state index contributed by atoms with van der Waals surface area (Å²) in [6.07, 6.45) is 6.23. The minimum atomic E-state index is -4.52. The molecule has 29 heteroatoms. The summed E-state index contributed by atoms with van der Waals surface area (Å²) in [6, 6.07) is -10.2. The van der Waals surface area contributed by atoms with E-state index in [0.29, 0.717) is 38.0 Å². The molecule has 7 rings (SSSR count). The lowest BCUT2D eigenvalue weighted by atomic mass is 9.58. The Morgan fingerprint density at radius 3 is 1.92 bits per heavy atom. The first-order valence-corrected chi connectivity index (χ1v) is 38.9. The van der Waals surface area contributed by atoms with Crippen molar-refractivity contribution in [3.63, 3.8) is 0 Å². The van der Waals surface area contributed by atoms with Crippen molar-refractivity contribution in [2.45, 2.75) is 255 Å². The van der Waals surface area contributed by atoms with Crippen molar-refractivity contribution in [1.82, 2.24) is 60.0 Å². The van der Waals surface area contributed by atoms with E-state index in [1.807, 2.05) is 40.7 Å². The number of likely N-dealkylation sites (N-methyl/N-ethyl adjacent to an activating group) is 7. The molecule has 25 nitrogen and oxygen atoms in total. The van der Waals surface area contributed by atoms with E-state index in [4.69, 9.17) is 16.3 Å². The highest BCUT2D eigenvalue weighted by molar-refractivity contribution is 6.21. The van der Waals surface area contributed by atoms with Gasteiger partial charge in [0.1, 0.15) is 53.9 Å². The maximum atomic E-state index is 15.7. The normalized spacial score (nSPS) is 32.1. The van der Waals surface area contributed by atoms with Crippen molar-refractivity contribution in [2.75, 3.05) is 95.8 Å². The molecule has 4 saturated carbocycles. The van der Waals surface area contributed by atoms with E-state index in [0.717, 1.165) is 48.3 Å². The van der Waals surface area contributed by atoms with Crippen LogP contribution in [0.25, 0.3) is 0 Å². The minimum Gasteiger partial charge on any atom is -0.379 e. The van der Waals surface area contributed by atoms with Gasteiger partial charge in [0.2, 0.25) is 70.9 Å². The molecule has 2 bridgehead atoms. The van der Waals surface area contributed by atoms with Gasteiger partial charge in [-0.3, -0.25) is 57.5 Å². The molecular weight excluding hydrogens is 1380 g/mol. The first-order valence-electron chi connectivity index (χ1n) is 38.5. The zero-order valence-electron chi connectivity index (χ0n) is 65.0. The first-order chi connectivity index (χ1) is 49.3. The highest BCUT2D eigenvalue weighted by Gasteiger charge is 2.59. The van der Waals surface area contributed by atoms with Gasteiger partial charge in [0.05, 0.1) is 32.0 Å². The topological polar surface area (TPSA) is 279 Å². The lowest BCUT2D eigenvalue weighted by Gasteiger charge is -2.54. The predicted octanol–water partition coefficient (Wildman–Crippen LogP) is 6.38. The lowest BCUT2D eigenvalue weighted by Crippen LogP contribution is -2.71. The van der Waals surface area contributed by atoms with Crippen LogP contribution < -0.4 is 16.0 Å². The number of nitrogens with zero attached hydrogens (tertiary/aromatic N) is 9. The van der Waals surface area contributed by atoms with Crippen molar-refractivity contribution >= 4 is 82.5 Å². The van der Waals surface area contributed by atoms with Gasteiger partial charge in [-0.25, -0.2) is 0 Å². The third-order valence-corrected chi connectivity index (χ3v) is 24.4. The summed E-state index contributed by atoms with van der Waals surface area (Å²) in [7, 11) is 11.5. The summed E-state index contributed by atoms with van der Waals surface area (Å²) in [5, 5.41) is 7.61. The van der Waals surface area contributed by atoms with E-state index in [-0.39, 0.29) is 108 Å². The van der Waals surface area contributed by atoms with Gasteiger partial charge in [-0.15, -0.1) is 11.6 Å². The number of carbonyl (C=O) groups is 12. The summed E-state index contributed by atoms with van der Waals surface area (Å²) in [4.78, 5) is 193. The largest absolute Gasteiger partial charge is 0.393 e. The van der Waals surface area contributed by atoms with Crippen LogP contribution in [0, 0.1) is 46.8 Å². The van der Waals surface area contributed by atoms with Crippen molar-refractivity contribution in [3.05, 3.63) is 12.2 Å². The van der Waals surface area contributed by atoms with Crippen LogP contribution in [0.4, 0.5) is 13.2 Å². The number of carbonyl (C=O) groups excluding carboxylic acids is 12. The fraction of sp³-hybridized carbons (Fsp3) is 0.816. The standard InChI is InChI=1S/C76H122ClF3N12O13/c1-16-35-105-43-59-65(96)82-63(48(5)17-2)71(102)86(11)42-62(95)87(12)55-25-19-18-22-34-91(70(55)101)58(38-50-28-26-46(3)27-29-50)69(100)85(10)41-60(93)81-54(33-31-49-30-32-52(53(77)37-49)76(78,79)80)67(98)92-40-47(4)36-56(92)66(97)83-75(44-74(6,7)45-75)73(104)90(15)64(51-23-20-21-24-51)72(103)89(14)57(68(99)84(8)9)39-61(94)88(59)13/h18-19,46-59,63-64H,16-17,20-45H2,1-15H3,(H,81,93)(H,82,96)(H,83,97)/b19-18-/t46?,47-,48-,49?,50?,52?,53?,54-,55-,56-,57-,58-,59-,63-,64-/m0/s1. The number of hydrogen-bond acceptors (Lipinski definition) is 13. The molecular formula is C76H122ClF3N12O13. The molecule has 2 saturated heterocycles. The molecule has 3 unspecified atom stereocenters. The number of fused-ring (bicyclic) bond motifs is 3. The number of ether oxygens (including phenoxy) is 1. The highest BCUT2D eigenvalue weighted by atomic mass is 35.5. The fourth-order valence-electron chi connectivity index (χ4n) is 17.4. The number of rotatable bonds is 13. The Kier molecular flexibility index (Phi) is 30.2. The maximum absolute atomic E-state index is 15.7. The zero-order valence-corrected chi connectivity index (χ0v) is 65.8. The number of nitrogens with one attached hydrogen (secondary N) is 3. The van der Waals surface area contributed by atoms with Gasteiger partial charge in [-0.1, -0.05) is 106 Å². The quantitative estimate of drug-likeness (QED) is 0.103. The van der Waals surface area contributed by atoms with Gasteiger partial charge in [0, 0.05) is 81.5 Å². The Labute approximate surface area is 625 Å². The molecule has 0 aromatic carbocycles. The molecule has 3 aliphatic heterocycles. The maximum Gasteiger partial charge on any atom is 0.393 e. The predicted molar refractivity (Wildman–Crippen MR) is 390 cm³/mol. The van der Waals surface area contributed by atoms with Gasteiger partial charge in [-0.2, -0.15) is 13.2 Å². The van der Waals surface area contributed by atoms with E-state index in [1.165, 1.54) is 90.7 Å². The zero-order chi connectivity index (χ0) is 77.9. The van der Waals surface area contributed by atoms with Crippen LogP contribution in [-0.4, -0.2) is 276 Å². The molecule has 0 aromatic rings. The molecule has 12 amide bonds. The second kappa shape index (κ2) is 37.0. The molecule has 1 spiro atoms. The van der Waals surface area contributed by atoms with Gasteiger partial charge >= 0.3 is 6.18 Å². The van der Waals surface area contributed by atoms with Crippen molar-refractivity contribution in [3.8, 4) is 0 Å². The minimum absolute atomic E-state index is 0.00177. The second-order valence-electron chi connectivity index (χ2n) is 33.1. The smallest absolute Gasteiger partial charge is 0.379 e. The van der Waals surface area contributed by atoms with Crippen molar-refractivity contribution in [2.24, 2.45) is 46.8 Å². The van der Waals surface area contributed by atoms with E-state index in [2.05, 4.69) is 22.9 Å². The Morgan fingerprint density at radius 1 is 0.686 bits per heavy atom. The van der Waals surface area contributed by atoms with Crippen molar-refractivity contribution < 1.29 is 75.4 Å². The molecule has 592 valence electrons. The van der Waals surface area contributed by atoms with Gasteiger partial charge < -0.3 is 64.8 Å². The third kappa shape index (κ3) is 21.2. The lowest BCUT2D eigenvalue weighted by molar-refractivity contribution is -0.182. The third-order valence-electron chi connectivity index (χ3n) is 23.9. The molecule has 0 radical (unpaired) electrons. The summed E-state index contributed by atoms with van der Waals surface area (Å²) < 4.78 is 48.3. The van der Waals surface area contributed by atoms with Crippen LogP contribution in [0.15, 0.2) is 12.2 Å². The Hall–Kier alpha value is -6.58. The van der Waals surface area contributed by atoms with Gasteiger partial charge in [0.15, 0.2) is 0 Å². The fourth-order valence-corrected chi connectivity index (χ4v) is 18.0. The molecule has 4 aliphatic carbocycles. The van der Waals surface area contributed by atoms with E-state index < -0.39 is 179 Å². The Bertz CT molecular complexity index is 3140. The second-order valence-corrected chi connectivity index (χ2v) is 33.6. The SMILES string of the molecule is CCCOC[C@H]1C(=O)N[C@@H]([C@@H](C)CC)C(=O)N(C)CC(=O)N(C)[C@H]2C/C=C\CCN(C2=O)[C@@H](CC2CCC(C)CC2)C(=O)N(C)CC(=O)N[C@@H](CCC2CCC(C(F)(F)F)C(Cl)C2)C(=O)N2C[C@@H](C)C[C@H]2C(=O)NC2(CC(C)(C)C2)C(=O)N(C)[C@@H](C2CCCC2)C(=O)N(C)[C@H](C(=O)N(C)C)CC(=O)N1C. The van der Waals surface area contributed by atoms with Crippen LogP contribution in [-0.2, 0) is 62.3 Å². The molecule has 3 heterocycles. The molecule has 0 aromatic heterocycles. The molecule has 6 fully saturated rings. The molecule has 7 aliphatic rings.